The molecule has 0 radical (unpaired) electrons. The lowest BCUT2D eigenvalue weighted by molar-refractivity contribution is -0.131. The summed E-state index contributed by atoms with van der Waals surface area (Å²) in [6.45, 7) is 5.97. The molecule has 0 saturated carbocycles. The molecule has 0 unspecified atom stereocenters. The lowest BCUT2D eigenvalue weighted by Crippen LogP contribution is -2.45. The van der Waals surface area contributed by atoms with E-state index in [1.807, 2.05) is 12.1 Å². The Morgan fingerprint density at radius 1 is 1.47 bits per heavy atom. The van der Waals surface area contributed by atoms with Gasteiger partial charge in [-0.25, -0.2) is 0 Å². The molecular weight excluding hydrogens is 238 g/mol. The van der Waals surface area contributed by atoms with E-state index in [2.05, 4.69) is 23.7 Å². The van der Waals surface area contributed by atoms with Crippen LogP contribution in [-0.2, 0) is 17.8 Å². The number of carbonyl (C=O) groups excluding carboxylic acids is 1. The molecule has 4 heteroatoms. The van der Waals surface area contributed by atoms with E-state index in [9.17, 15) is 4.79 Å². The van der Waals surface area contributed by atoms with Crippen molar-refractivity contribution in [3.05, 3.63) is 47.8 Å². The van der Waals surface area contributed by atoms with Crippen molar-refractivity contribution in [1.82, 2.24) is 9.88 Å². The third-order valence-electron chi connectivity index (χ3n) is 3.84. The van der Waals surface area contributed by atoms with E-state index in [4.69, 9.17) is 5.73 Å². The molecule has 1 amide bonds. The van der Waals surface area contributed by atoms with Crippen LogP contribution in [0.4, 0.5) is 0 Å². The van der Waals surface area contributed by atoms with Gasteiger partial charge in [-0.15, -0.1) is 0 Å². The number of hydrogen-bond donors (Lipinski definition) is 2. The fourth-order valence-electron chi connectivity index (χ4n) is 2.87. The smallest absolute Gasteiger partial charge is 0.220 e. The summed E-state index contributed by atoms with van der Waals surface area (Å²) in [5.41, 5.74) is 9.88. The average Bonchev–Trinajstić information content (AvgIpc) is 2.74. The number of H-pyrrole nitrogens is 1. The highest BCUT2D eigenvalue weighted by molar-refractivity contribution is 5.85. The molecule has 1 aliphatic rings. The maximum absolute atomic E-state index is 11.8. The summed E-state index contributed by atoms with van der Waals surface area (Å²) in [6, 6.07) is 8.08. The van der Waals surface area contributed by atoms with Crippen LogP contribution in [0.5, 0.6) is 0 Å². The Labute approximate surface area is 111 Å². The Morgan fingerprint density at radius 3 is 2.89 bits per heavy atom. The van der Waals surface area contributed by atoms with Gasteiger partial charge < -0.3 is 15.6 Å². The molecule has 4 nitrogen and oxygen atoms in total. The average molecular weight is 255 g/mol. The molecule has 1 atom stereocenters. The van der Waals surface area contributed by atoms with Gasteiger partial charge in [0, 0.05) is 35.6 Å². The summed E-state index contributed by atoms with van der Waals surface area (Å²) < 4.78 is 0. The molecule has 0 bridgehead atoms. The predicted octanol–water partition coefficient (Wildman–Crippen LogP) is 1.91. The second-order valence-corrected chi connectivity index (χ2v) is 5.07. The van der Waals surface area contributed by atoms with Crippen molar-refractivity contribution in [3.8, 4) is 0 Å². The number of amides is 1. The number of aromatic amines is 1. The maximum Gasteiger partial charge on any atom is 0.220 e. The highest BCUT2D eigenvalue weighted by atomic mass is 16.2. The zero-order valence-electron chi connectivity index (χ0n) is 10.9. The van der Waals surface area contributed by atoms with E-state index in [1.165, 1.54) is 10.9 Å². The van der Waals surface area contributed by atoms with Crippen molar-refractivity contribution in [2.75, 3.05) is 0 Å². The standard InChI is InChI=1S/C15H17N3O/c1-9(16)15-7-12-11-5-3-4-6-13(11)17-14(12)8-18(15)10(2)19/h3-6,15,17H,1,7-8,16H2,2H3/t15-/m1/s1. The fourth-order valence-corrected chi connectivity index (χ4v) is 2.87. The van der Waals surface area contributed by atoms with E-state index in [0.717, 1.165) is 17.6 Å². The molecule has 0 spiro atoms. The third kappa shape index (κ3) is 1.80. The third-order valence-corrected chi connectivity index (χ3v) is 3.84. The van der Waals surface area contributed by atoms with Gasteiger partial charge >= 0.3 is 0 Å². The van der Waals surface area contributed by atoms with Crippen LogP contribution in [0.1, 0.15) is 18.2 Å². The second kappa shape index (κ2) is 4.16. The van der Waals surface area contributed by atoms with Gasteiger partial charge in [0.1, 0.15) is 0 Å². The molecule has 1 aliphatic heterocycles. The molecule has 0 fully saturated rings. The SMILES string of the molecule is C=C(N)[C@H]1Cc2c([nH]c3ccccc23)CN1C(C)=O. The highest BCUT2D eigenvalue weighted by Gasteiger charge is 2.31. The van der Waals surface area contributed by atoms with Crippen LogP contribution in [0.25, 0.3) is 10.9 Å². The maximum atomic E-state index is 11.8. The zero-order chi connectivity index (χ0) is 13.6. The molecule has 19 heavy (non-hydrogen) atoms. The van der Waals surface area contributed by atoms with Crippen LogP contribution in [0.15, 0.2) is 36.5 Å². The topological polar surface area (TPSA) is 62.1 Å². The molecular formula is C15H17N3O. The number of carbonyl (C=O) groups is 1. The Morgan fingerprint density at radius 2 is 2.21 bits per heavy atom. The number of fused-ring (bicyclic) bond motifs is 3. The summed E-state index contributed by atoms with van der Waals surface area (Å²) in [6.07, 6.45) is 0.730. The number of aromatic nitrogens is 1. The van der Waals surface area contributed by atoms with Crippen LogP contribution in [0.2, 0.25) is 0 Å². The molecule has 0 aliphatic carbocycles. The van der Waals surface area contributed by atoms with E-state index in [0.29, 0.717) is 12.2 Å². The van der Waals surface area contributed by atoms with Gasteiger partial charge in [0.2, 0.25) is 5.91 Å². The minimum absolute atomic E-state index is 0.0286. The minimum Gasteiger partial charge on any atom is -0.401 e. The Kier molecular flexibility index (Phi) is 2.59. The van der Waals surface area contributed by atoms with Crippen LogP contribution in [0, 0.1) is 0 Å². The van der Waals surface area contributed by atoms with Crippen molar-refractivity contribution in [2.45, 2.75) is 25.9 Å². The molecule has 3 rings (SSSR count). The largest absolute Gasteiger partial charge is 0.401 e. The van der Waals surface area contributed by atoms with Crippen molar-refractivity contribution in [2.24, 2.45) is 5.73 Å². The normalized spacial score (nSPS) is 18.4. The lowest BCUT2D eigenvalue weighted by atomic mass is 9.95. The van der Waals surface area contributed by atoms with Gasteiger partial charge in [-0.05, 0) is 11.6 Å². The van der Waals surface area contributed by atoms with E-state index < -0.39 is 0 Å². The number of rotatable bonds is 1. The van der Waals surface area contributed by atoms with Crippen LogP contribution in [0.3, 0.4) is 0 Å². The molecule has 0 saturated heterocycles. The Balaban J connectivity index is 2.12. The van der Waals surface area contributed by atoms with Crippen LogP contribution < -0.4 is 5.73 Å². The number of nitrogens with one attached hydrogen (secondary N) is 1. The van der Waals surface area contributed by atoms with Crippen LogP contribution in [-0.4, -0.2) is 21.8 Å². The van der Waals surface area contributed by atoms with E-state index in [-0.39, 0.29) is 11.9 Å². The second-order valence-electron chi connectivity index (χ2n) is 5.07. The summed E-state index contributed by atoms with van der Waals surface area (Å²) in [5, 5.41) is 1.21. The molecule has 1 aromatic heterocycles. The van der Waals surface area contributed by atoms with E-state index >= 15 is 0 Å². The van der Waals surface area contributed by atoms with Gasteiger partial charge in [-0.2, -0.15) is 0 Å². The first kappa shape index (κ1) is 11.8. The monoisotopic (exact) mass is 255 g/mol. The fraction of sp³-hybridized carbons (Fsp3) is 0.267. The summed E-state index contributed by atoms with van der Waals surface area (Å²) in [4.78, 5) is 16.9. The quantitative estimate of drug-likeness (QED) is 0.817. The lowest BCUT2D eigenvalue weighted by Gasteiger charge is -2.35. The van der Waals surface area contributed by atoms with Crippen molar-refractivity contribution < 1.29 is 4.79 Å². The summed E-state index contributed by atoms with van der Waals surface area (Å²) in [7, 11) is 0. The molecule has 3 N–H and O–H groups in total. The van der Waals surface area contributed by atoms with Crippen molar-refractivity contribution >= 4 is 16.8 Å². The zero-order valence-corrected chi connectivity index (χ0v) is 10.9. The highest BCUT2D eigenvalue weighted by Crippen LogP contribution is 2.31. The van der Waals surface area contributed by atoms with Gasteiger partial charge in [-0.3, -0.25) is 4.79 Å². The molecule has 98 valence electrons. The summed E-state index contributed by atoms with van der Waals surface area (Å²) in [5.74, 6) is 0.0286. The van der Waals surface area contributed by atoms with Gasteiger partial charge in [0.15, 0.2) is 0 Å². The van der Waals surface area contributed by atoms with Gasteiger partial charge in [-0.1, -0.05) is 24.8 Å². The molecule has 2 heterocycles. The number of para-hydroxylation sites is 1. The predicted molar refractivity (Wildman–Crippen MR) is 75.3 cm³/mol. The summed E-state index contributed by atoms with van der Waals surface area (Å²) >= 11 is 0. The number of nitrogens with zero attached hydrogens (tertiary/aromatic N) is 1. The van der Waals surface area contributed by atoms with Gasteiger partial charge in [0.25, 0.3) is 0 Å². The van der Waals surface area contributed by atoms with Crippen molar-refractivity contribution in [3.63, 3.8) is 0 Å². The van der Waals surface area contributed by atoms with E-state index in [1.54, 1.807) is 11.8 Å². The van der Waals surface area contributed by atoms with Crippen molar-refractivity contribution in [1.29, 1.82) is 0 Å². The first-order valence-electron chi connectivity index (χ1n) is 6.38. The minimum atomic E-state index is -0.107. The number of nitrogens with two attached hydrogens (primary N) is 1. The Hall–Kier alpha value is -2.23. The van der Waals surface area contributed by atoms with Gasteiger partial charge in [0.05, 0.1) is 12.6 Å². The first-order valence-corrected chi connectivity index (χ1v) is 6.38. The first-order chi connectivity index (χ1) is 9.08. The number of benzene rings is 1. The van der Waals surface area contributed by atoms with Crippen LogP contribution >= 0.6 is 0 Å². The Bertz CT molecular complexity index is 671. The number of hydrogen-bond acceptors (Lipinski definition) is 2. The molecule has 1 aromatic carbocycles. The molecule has 2 aromatic rings.